The summed E-state index contributed by atoms with van der Waals surface area (Å²) in [5.41, 5.74) is 3.06. The number of carboxylic acids is 1. The molecule has 3 heterocycles. The quantitative estimate of drug-likeness (QED) is 0.404. The van der Waals surface area contributed by atoms with Crippen molar-refractivity contribution in [2.24, 2.45) is 0 Å². The van der Waals surface area contributed by atoms with Gasteiger partial charge in [0.25, 0.3) is 0 Å². The maximum atomic E-state index is 14.4. The van der Waals surface area contributed by atoms with E-state index in [-0.39, 0.29) is 18.9 Å². The predicted molar refractivity (Wildman–Crippen MR) is 125 cm³/mol. The molecule has 0 spiro atoms. The molecule has 0 bridgehead atoms. The van der Waals surface area contributed by atoms with Crippen LogP contribution in [-0.2, 0) is 14.9 Å². The van der Waals surface area contributed by atoms with Gasteiger partial charge >= 0.3 is 5.97 Å². The van der Waals surface area contributed by atoms with Gasteiger partial charge in [-0.05, 0) is 42.7 Å². The van der Waals surface area contributed by atoms with Crippen LogP contribution in [0, 0.1) is 23.0 Å². The number of nitrogens with one attached hydrogen (secondary N) is 1. The smallest absolute Gasteiger partial charge is 0.332 e. The van der Waals surface area contributed by atoms with Crippen molar-refractivity contribution in [2.45, 2.75) is 50.5 Å². The second kappa shape index (κ2) is 8.47. The molecular weight excluding hydrogens is 454 g/mol. The number of halogens is 2. The van der Waals surface area contributed by atoms with Gasteiger partial charge in [0.1, 0.15) is 0 Å². The van der Waals surface area contributed by atoms with Crippen LogP contribution in [0.25, 0.3) is 27.5 Å². The molecule has 1 fully saturated rings. The van der Waals surface area contributed by atoms with E-state index in [1.807, 2.05) is 30.5 Å². The van der Waals surface area contributed by atoms with Crippen LogP contribution in [0.15, 0.2) is 36.5 Å². The summed E-state index contributed by atoms with van der Waals surface area (Å²) >= 11 is 0. The number of ether oxygens (including phenoxy) is 1. The van der Waals surface area contributed by atoms with Gasteiger partial charge in [0.2, 0.25) is 0 Å². The Morgan fingerprint density at radius 3 is 2.74 bits per heavy atom. The highest BCUT2D eigenvalue weighted by Gasteiger charge is 2.37. The number of hydrogen-bond donors (Lipinski definition) is 2. The molecule has 2 atom stereocenters. The van der Waals surface area contributed by atoms with Crippen molar-refractivity contribution in [3.05, 3.63) is 59.4 Å². The lowest BCUT2D eigenvalue weighted by Gasteiger charge is -2.32. The molecule has 35 heavy (non-hydrogen) atoms. The SMILES string of the molecule is CC(C)(CC#N)c1c([C@@H]2CC[C@@H](C(=O)O)OC2)c2cc3[nH]ncc3cc2n1-c1ccc(F)c(F)c1. The number of aliphatic carboxylic acids is 1. The van der Waals surface area contributed by atoms with Crippen LogP contribution >= 0.6 is 0 Å². The number of benzene rings is 2. The number of aromatic amines is 1. The van der Waals surface area contributed by atoms with Gasteiger partial charge in [-0.3, -0.25) is 5.10 Å². The van der Waals surface area contributed by atoms with Crippen molar-refractivity contribution in [2.75, 3.05) is 6.61 Å². The first-order chi connectivity index (χ1) is 16.7. The Balaban J connectivity index is 1.84. The van der Waals surface area contributed by atoms with E-state index >= 15 is 0 Å². The Hall–Kier alpha value is -3.77. The van der Waals surface area contributed by atoms with Crippen molar-refractivity contribution >= 4 is 27.8 Å². The number of rotatable bonds is 5. The number of carboxylic acid groups (broad SMARTS) is 1. The van der Waals surface area contributed by atoms with Gasteiger partial charge in [0.15, 0.2) is 17.7 Å². The monoisotopic (exact) mass is 478 g/mol. The summed E-state index contributed by atoms with van der Waals surface area (Å²) in [5, 5.41) is 27.8. The number of nitrogens with zero attached hydrogens (tertiary/aromatic N) is 3. The number of hydrogen-bond acceptors (Lipinski definition) is 4. The van der Waals surface area contributed by atoms with E-state index in [4.69, 9.17) is 4.74 Å². The van der Waals surface area contributed by atoms with Crippen LogP contribution in [0.3, 0.4) is 0 Å². The predicted octanol–water partition coefficient (Wildman–Crippen LogP) is 5.32. The molecule has 2 N–H and O–H groups in total. The van der Waals surface area contributed by atoms with E-state index in [2.05, 4.69) is 16.3 Å². The van der Waals surface area contributed by atoms with Gasteiger partial charge in [-0.2, -0.15) is 10.4 Å². The molecule has 5 rings (SSSR count). The molecule has 0 unspecified atom stereocenters. The first-order valence-electron chi connectivity index (χ1n) is 11.4. The second-order valence-electron chi connectivity index (χ2n) is 9.68. The molecule has 1 saturated heterocycles. The molecule has 7 nitrogen and oxygen atoms in total. The molecule has 0 amide bonds. The zero-order valence-corrected chi connectivity index (χ0v) is 19.3. The van der Waals surface area contributed by atoms with Crippen molar-refractivity contribution in [3.63, 3.8) is 0 Å². The Bertz CT molecular complexity index is 1490. The third-order valence-electron chi connectivity index (χ3n) is 6.85. The van der Waals surface area contributed by atoms with E-state index in [1.165, 1.54) is 6.07 Å². The fraction of sp³-hybridized carbons (Fsp3) is 0.346. The third-order valence-corrected chi connectivity index (χ3v) is 6.85. The summed E-state index contributed by atoms with van der Waals surface area (Å²) in [6.07, 6.45) is 1.94. The van der Waals surface area contributed by atoms with Crippen LogP contribution in [0.5, 0.6) is 0 Å². The summed E-state index contributed by atoms with van der Waals surface area (Å²) in [6.45, 7) is 4.09. The van der Waals surface area contributed by atoms with Crippen LogP contribution in [0.1, 0.15) is 50.3 Å². The fourth-order valence-corrected chi connectivity index (χ4v) is 5.18. The van der Waals surface area contributed by atoms with E-state index in [9.17, 15) is 23.9 Å². The zero-order chi connectivity index (χ0) is 24.9. The molecule has 0 saturated carbocycles. The second-order valence-corrected chi connectivity index (χ2v) is 9.68. The minimum absolute atomic E-state index is 0.145. The lowest BCUT2D eigenvalue weighted by atomic mass is 9.78. The van der Waals surface area contributed by atoms with E-state index in [1.54, 1.807) is 6.20 Å². The number of carbonyl (C=O) groups is 1. The molecule has 0 aliphatic carbocycles. The number of fused-ring (bicyclic) bond motifs is 2. The van der Waals surface area contributed by atoms with E-state index in [0.717, 1.165) is 45.2 Å². The Morgan fingerprint density at radius 2 is 2.09 bits per heavy atom. The molecule has 1 aliphatic rings. The van der Waals surface area contributed by atoms with Gasteiger partial charge in [-0.25, -0.2) is 13.6 Å². The van der Waals surface area contributed by atoms with Gasteiger partial charge in [-0.15, -0.1) is 0 Å². The van der Waals surface area contributed by atoms with Gasteiger partial charge in [0, 0.05) is 46.0 Å². The number of nitriles is 1. The van der Waals surface area contributed by atoms with Crippen LogP contribution in [0.4, 0.5) is 8.78 Å². The standard InChI is InChI=1S/C26H24F2N4O3/c1-26(2,7-8-29)24-23(14-3-6-22(25(33)34)35-13-14)17-11-20-15(12-30-31-20)9-21(17)32(24)16-4-5-18(27)19(28)10-16/h4-5,9-12,14,22H,3,6-7,13H2,1-2H3,(H,30,31)(H,33,34)/t14-,22+/m1/s1. The highest BCUT2D eigenvalue weighted by molar-refractivity contribution is 5.99. The Labute approximate surface area is 199 Å². The van der Waals surface area contributed by atoms with Crippen LogP contribution < -0.4 is 0 Å². The highest BCUT2D eigenvalue weighted by atomic mass is 19.2. The molecule has 4 aromatic rings. The lowest BCUT2D eigenvalue weighted by molar-refractivity contribution is -0.153. The summed E-state index contributed by atoms with van der Waals surface area (Å²) < 4.78 is 35.8. The maximum Gasteiger partial charge on any atom is 0.332 e. The topological polar surface area (TPSA) is 104 Å². The first-order valence-corrected chi connectivity index (χ1v) is 11.4. The molecule has 180 valence electrons. The van der Waals surface area contributed by atoms with Crippen LogP contribution in [0.2, 0.25) is 0 Å². The first kappa shape index (κ1) is 23.0. The van der Waals surface area contributed by atoms with E-state index in [0.29, 0.717) is 18.5 Å². The largest absolute Gasteiger partial charge is 0.479 e. The third kappa shape index (κ3) is 3.84. The van der Waals surface area contributed by atoms with Crippen molar-refractivity contribution in [3.8, 4) is 11.8 Å². The summed E-state index contributed by atoms with van der Waals surface area (Å²) in [5.74, 6) is -3.05. The molecule has 2 aromatic carbocycles. The number of H-pyrrole nitrogens is 1. The molecule has 2 aromatic heterocycles. The van der Waals surface area contributed by atoms with E-state index < -0.39 is 29.1 Å². The minimum atomic E-state index is -0.989. The van der Waals surface area contributed by atoms with Crippen molar-refractivity contribution < 1.29 is 23.4 Å². The normalized spacial score (nSPS) is 18.7. The average Bonchev–Trinajstić information content (AvgIpc) is 3.41. The van der Waals surface area contributed by atoms with Crippen molar-refractivity contribution in [1.29, 1.82) is 5.26 Å². The Kier molecular flexibility index (Phi) is 5.56. The summed E-state index contributed by atoms with van der Waals surface area (Å²) in [6, 6.07) is 9.93. The fourth-order valence-electron chi connectivity index (χ4n) is 5.18. The Morgan fingerprint density at radius 1 is 1.29 bits per heavy atom. The molecular formula is C26H24F2N4O3. The van der Waals surface area contributed by atoms with Crippen LogP contribution in [-0.4, -0.2) is 38.6 Å². The van der Waals surface area contributed by atoms with Gasteiger partial charge < -0.3 is 14.4 Å². The van der Waals surface area contributed by atoms with Gasteiger partial charge in [-0.1, -0.05) is 13.8 Å². The molecule has 0 radical (unpaired) electrons. The minimum Gasteiger partial charge on any atom is -0.479 e. The van der Waals surface area contributed by atoms with Crippen molar-refractivity contribution in [1.82, 2.24) is 14.8 Å². The molecule has 9 heteroatoms. The number of aromatic nitrogens is 3. The highest BCUT2D eigenvalue weighted by Crippen LogP contribution is 2.45. The summed E-state index contributed by atoms with van der Waals surface area (Å²) in [7, 11) is 0. The average molecular weight is 478 g/mol. The molecule has 1 aliphatic heterocycles. The summed E-state index contributed by atoms with van der Waals surface area (Å²) in [4.78, 5) is 11.4. The maximum absolute atomic E-state index is 14.4. The lowest BCUT2D eigenvalue weighted by Crippen LogP contribution is -2.32. The van der Waals surface area contributed by atoms with Gasteiger partial charge in [0.05, 0.1) is 29.9 Å². The zero-order valence-electron chi connectivity index (χ0n) is 19.3.